The molecule has 0 aromatic carbocycles. The quantitative estimate of drug-likeness (QED) is 0.573. The number of hydrogen-bond acceptors (Lipinski definition) is 3. The lowest BCUT2D eigenvalue weighted by atomic mass is 10.2. The average molecular weight is 181 g/mol. The molecule has 0 fully saturated rings. The Morgan fingerprint density at radius 1 is 1.62 bits per heavy atom. The van der Waals surface area contributed by atoms with Crippen LogP contribution in [0.3, 0.4) is 0 Å². The Kier molecular flexibility index (Phi) is 3.55. The molecule has 1 rings (SSSR count). The van der Waals surface area contributed by atoms with Crippen LogP contribution in [0.5, 0.6) is 0 Å². The first kappa shape index (κ1) is 9.84. The van der Waals surface area contributed by atoms with Gasteiger partial charge in [-0.3, -0.25) is 5.41 Å². The molecule has 0 radical (unpaired) electrons. The van der Waals surface area contributed by atoms with E-state index >= 15 is 0 Å². The molecule has 0 saturated carbocycles. The lowest BCUT2D eigenvalue weighted by Gasteiger charge is -2.03. The number of rotatable bonds is 4. The van der Waals surface area contributed by atoms with Crippen LogP contribution in [0.2, 0.25) is 0 Å². The Hall–Kier alpha value is -1.25. The van der Waals surface area contributed by atoms with Crippen molar-refractivity contribution in [3.05, 3.63) is 23.7 Å². The van der Waals surface area contributed by atoms with E-state index in [1.807, 2.05) is 19.9 Å². The van der Waals surface area contributed by atoms with Crippen LogP contribution in [0.4, 0.5) is 0 Å². The van der Waals surface area contributed by atoms with Gasteiger partial charge in [-0.1, -0.05) is 0 Å². The van der Waals surface area contributed by atoms with Gasteiger partial charge in [0.25, 0.3) is 0 Å². The molecule has 3 nitrogen and oxygen atoms in total. The molecule has 0 spiro atoms. The molecule has 0 aliphatic rings. The second-order valence-electron chi connectivity index (χ2n) is 2.88. The summed E-state index contributed by atoms with van der Waals surface area (Å²) in [5.41, 5.74) is 1.14. The normalized spacial score (nSPS) is 10.0. The van der Waals surface area contributed by atoms with E-state index in [9.17, 15) is 0 Å². The molecule has 0 atom stereocenters. The highest BCUT2D eigenvalue weighted by Gasteiger charge is 2.04. The third-order valence-corrected chi connectivity index (χ3v) is 1.87. The van der Waals surface area contributed by atoms with Gasteiger partial charge in [0.05, 0.1) is 12.9 Å². The Morgan fingerprint density at radius 2 is 2.38 bits per heavy atom. The molecular formula is C10H15NO2. The van der Waals surface area contributed by atoms with E-state index in [0.29, 0.717) is 18.9 Å². The summed E-state index contributed by atoms with van der Waals surface area (Å²) in [5, 5.41) is 7.40. The number of aryl methyl sites for hydroxylation is 2. The fourth-order valence-corrected chi connectivity index (χ4v) is 1.13. The van der Waals surface area contributed by atoms with Crippen molar-refractivity contribution >= 4 is 5.90 Å². The molecule has 13 heavy (non-hydrogen) atoms. The van der Waals surface area contributed by atoms with Crippen molar-refractivity contribution in [3.8, 4) is 0 Å². The summed E-state index contributed by atoms with van der Waals surface area (Å²) in [7, 11) is 0. The van der Waals surface area contributed by atoms with Crippen LogP contribution in [0.15, 0.2) is 16.7 Å². The number of hydrogen-bond donors (Lipinski definition) is 1. The zero-order valence-electron chi connectivity index (χ0n) is 8.09. The van der Waals surface area contributed by atoms with Gasteiger partial charge in [0.15, 0.2) is 5.90 Å². The van der Waals surface area contributed by atoms with E-state index in [1.54, 1.807) is 6.26 Å². The fraction of sp³-hybridized carbons (Fsp3) is 0.500. The molecule has 0 aliphatic carbocycles. The van der Waals surface area contributed by atoms with Crippen LogP contribution in [0, 0.1) is 12.3 Å². The van der Waals surface area contributed by atoms with E-state index in [-0.39, 0.29) is 0 Å². The summed E-state index contributed by atoms with van der Waals surface area (Å²) in [6.07, 6.45) is 3.04. The highest BCUT2D eigenvalue weighted by molar-refractivity contribution is 5.72. The van der Waals surface area contributed by atoms with Crippen molar-refractivity contribution in [1.82, 2.24) is 0 Å². The van der Waals surface area contributed by atoms with Gasteiger partial charge in [0, 0.05) is 12.8 Å². The van der Waals surface area contributed by atoms with Crippen molar-refractivity contribution < 1.29 is 9.15 Å². The Labute approximate surface area is 78.2 Å². The van der Waals surface area contributed by atoms with E-state index in [4.69, 9.17) is 14.6 Å². The molecule has 0 bridgehead atoms. The zero-order chi connectivity index (χ0) is 9.68. The molecule has 1 aromatic heterocycles. The van der Waals surface area contributed by atoms with Crippen LogP contribution < -0.4 is 0 Å². The summed E-state index contributed by atoms with van der Waals surface area (Å²) in [6, 6.07) is 1.93. The van der Waals surface area contributed by atoms with Crippen molar-refractivity contribution in [3.63, 3.8) is 0 Å². The minimum absolute atomic E-state index is 0.332. The maximum atomic E-state index is 7.40. The van der Waals surface area contributed by atoms with Crippen LogP contribution in [0.25, 0.3) is 0 Å². The summed E-state index contributed by atoms with van der Waals surface area (Å²) in [4.78, 5) is 0. The van der Waals surface area contributed by atoms with Crippen molar-refractivity contribution in [1.29, 1.82) is 5.41 Å². The first-order chi connectivity index (χ1) is 6.24. The molecular weight excluding hydrogens is 166 g/mol. The molecule has 3 heteroatoms. The second-order valence-corrected chi connectivity index (χ2v) is 2.88. The van der Waals surface area contributed by atoms with E-state index < -0.39 is 0 Å². The Bertz CT molecular complexity index is 278. The molecule has 1 N–H and O–H groups in total. The van der Waals surface area contributed by atoms with Gasteiger partial charge >= 0.3 is 0 Å². The van der Waals surface area contributed by atoms with Crippen LogP contribution in [-0.2, 0) is 11.2 Å². The first-order valence-electron chi connectivity index (χ1n) is 4.47. The third-order valence-electron chi connectivity index (χ3n) is 1.87. The van der Waals surface area contributed by atoms with E-state index in [2.05, 4.69) is 0 Å². The maximum Gasteiger partial charge on any atom is 0.180 e. The second kappa shape index (κ2) is 4.70. The minimum atomic E-state index is 0.332. The number of nitrogens with one attached hydrogen (secondary N) is 1. The molecule has 0 amide bonds. The predicted molar refractivity (Wildman–Crippen MR) is 51.1 cm³/mol. The first-order valence-corrected chi connectivity index (χ1v) is 4.47. The van der Waals surface area contributed by atoms with Crippen LogP contribution >= 0.6 is 0 Å². The van der Waals surface area contributed by atoms with Crippen molar-refractivity contribution in [2.45, 2.75) is 26.7 Å². The van der Waals surface area contributed by atoms with Crippen molar-refractivity contribution in [2.75, 3.05) is 6.61 Å². The number of ether oxygens (including phenoxy) is 1. The SMILES string of the molecule is CCOC(=N)CCc1occc1C. The molecule has 1 aromatic rings. The standard InChI is InChI=1S/C10H15NO2/c1-3-12-10(11)5-4-9-8(2)6-7-13-9/h6-7,11H,3-5H2,1-2H3. The highest BCUT2D eigenvalue weighted by atomic mass is 16.5. The Balaban J connectivity index is 2.35. The topological polar surface area (TPSA) is 46.2 Å². The molecule has 1 heterocycles. The lowest BCUT2D eigenvalue weighted by Crippen LogP contribution is -2.04. The fourth-order valence-electron chi connectivity index (χ4n) is 1.13. The lowest BCUT2D eigenvalue weighted by molar-refractivity contribution is 0.312. The largest absolute Gasteiger partial charge is 0.481 e. The Morgan fingerprint density at radius 3 is 2.92 bits per heavy atom. The van der Waals surface area contributed by atoms with Gasteiger partial charge in [0.1, 0.15) is 5.76 Å². The van der Waals surface area contributed by atoms with Gasteiger partial charge in [-0.2, -0.15) is 0 Å². The highest BCUT2D eigenvalue weighted by Crippen LogP contribution is 2.11. The van der Waals surface area contributed by atoms with Crippen LogP contribution in [0.1, 0.15) is 24.7 Å². The summed E-state index contributed by atoms with van der Waals surface area (Å²) < 4.78 is 10.3. The van der Waals surface area contributed by atoms with Gasteiger partial charge < -0.3 is 9.15 Å². The third kappa shape index (κ3) is 2.93. The molecule has 0 aliphatic heterocycles. The minimum Gasteiger partial charge on any atom is -0.481 e. The zero-order valence-corrected chi connectivity index (χ0v) is 8.09. The predicted octanol–water partition coefficient (Wildman–Crippen LogP) is 2.53. The summed E-state index contributed by atoms with van der Waals surface area (Å²) >= 11 is 0. The van der Waals surface area contributed by atoms with Gasteiger partial charge in [-0.25, -0.2) is 0 Å². The van der Waals surface area contributed by atoms with Crippen molar-refractivity contribution in [2.24, 2.45) is 0 Å². The molecule has 72 valence electrons. The van der Waals surface area contributed by atoms with Gasteiger partial charge in [-0.15, -0.1) is 0 Å². The molecule has 0 unspecified atom stereocenters. The smallest absolute Gasteiger partial charge is 0.180 e. The molecule has 0 saturated heterocycles. The maximum absolute atomic E-state index is 7.40. The van der Waals surface area contributed by atoms with Crippen LogP contribution in [-0.4, -0.2) is 12.5 Å². The number of furan rings is 1. The van der Waals surface area contributed by atoms with Gasteiger partial charge in [0.2, 0.25) is 0 Å². The summed E-state index contributed by atoms with van der Waals surface area (Å²) in [6.45, 7) is 4.45. The van der Waals surface area contributed by atoms with E-state index in [1.165, 1.54) is 0 Å². The summed E-state index contributed by atoms with van der Waals surface area (Å²) in [5.74, 6) is 1.28. The monoisotopic (exact) mass is 181 g/mol. The van der Waals surface area contributed by atoms with E-state index in [0.717, 1.165) is 17.7 Å². The van der Waals surface area contributed by atoms with Gasteiger partial charge in [-0.05, 0) is 25.5 Å². The average Bonchev–Trinajstić information content (AvgIpc) is 2.48.